The van der Waals surface area contributed by atoms with Crippen LogP contribution in [0.15, 0.2) is 41.1 Å². The zero-order valence-electron chi connectivity index (χ0n) is 22.5. The summed E-state index contributed by atoms with van der Waals surface area (Å²) in [6.45, 7) is 0.671. The van der Waals surface area contributed by atoms with Crippen LogP contribution in [0.2, 0.25) is 5.28 Å². The number of anilines is 1. The maximum Gasteiger partial charge on any atom is 0.258 e. The zero-order valence-corrected chi connectivity index (χ0v) is 23.3. The second-order valence-corrected chi connectivity index (χ2v) is 13.9. The molecule has 4 bridgehead atoms. The highest BCUT2D eigenvalue weighted by Gasteiger charge is 2.69. The lowest BCUT2D eigenvalue weighted by atomic mass is 9.41. The van der Waals surface area contributed by atoms with Gasteiger partial charge in [-0.05, 0) is 117 Å². The number of nitrogens with zero attached hydrogens (tertiary/aromatic N) is 5. The molecule has 0 radical (unpaired) electrons. The third kappa shape index (κ3) is 4.08. The normalized spacial score (nSPS) is 33.8. The molecular formula is C31H33ClFN5O2. The number of carbonyl (C=O) groups is 1. The molecule has 7 aliphatic rings. The van der Waals surface area contributed by atoms with E-state index in [0.717, 1.165) is 74.1 Å². The van der Waals surface area contributed by atoms with Gasteiger partial charge in [0.2, 0.25) is 11.2 Å². The topological polar surface area (TPSA) is 85.0 Å². The van der Waals surface area contributed by atoms with Crippen molar-refractivity contribution in [1.82, 2.24) is 20.1 Å². The van der Waals surface area contributed by atoms with Gasteiger partial charge in [-0.15, -0.1) is 0 Å². The molecule has 2 aromatic heterocycles. The predicted molar refractivity (Wildman–Crippen MR) is 148 cm³/mol. The summed E-state index contributed by atoms with van der Waals surface area (Å²) in [5.41, 5.74) is 1.67. The lowest BCUT2D eigenvalue weighted by Gasteiger charge is -2.66. The van der Waals surface area contributed by atoms with Crippen LogP contribution in [0.25, 0.3) is 11.5 Å². The third-order valence-corrected chi connectivity index (χ3v) is 10.9. The molecule has 7 saturated carbocycles. The highest BCUT2D eigenvalue weighted by Crippen LogP contribution is 2.71. The Morgan fingerprint density at radius 1 is 1.02 bits per heavy atom. The maximum absolute atomic E-state index is 14.3. The van der Waals surface area contributed by atoms with Crippen molar-refractivity contribution in [2.24, 2.45) is 10.8 Å². The molecule has 208 valence electrons. The number of amides is 1. The van der Waals surface area contributed by atoms with E-state index in [-0.39, 0.29) is 22.2 Å². The van der Waals surface area contributed by atoms with Gasteiger partial charge in [-0.3, -0.25) is 4.79 Å². The number of fused-ring (bicyclic) bond motifs is 3. The van der Waals surface area contributed by atoms with Gasteiger partial charge in [0.1, 0.15) is 5.67 Å². The Labute approximate surface area is 237 Å². The van der Waals surface area contributed by atoms with Crippen molar-refractivity contribution in [3.63, 3.8) is 0 Å². The summed E-state index contributed by atoms with van der Waals surface area (Å²) in [4.78, 5) is 29.3. The van der Waals surface area contributed by atoms with E-state index in [1.54, 1.807) is 6.20 Å². The molecule has 7 aliphatic carbocycles. The highest BCUT2D eigenvalue weighted by molar-refractivity contribution is 6.28. The first-order valence-corrected chi connectivity index (χ1v) is 15.1. The quantitative estimate of drug-likeness (QED) is 0.276. The number of halogens is 2. The smallest absolute Gasteiger partial charge is 0.258 e. The number of hydrogen-bond donors (Lipinski definition) is 0. The number of benzene rings is 1. The van der Waals surface area contributed by atoms with Crippen LogP contribution in [0.3, 0.4) is 0 Å². The van der Waals surface area contributed by atoms with Crippen LogP contribution in [0, 0.1) is 10.8 Å². The Balaban J connectivity index is 1.07. The van der Waals surface area contributed by atoms with Crippen LogP contribution in [0.5, 0.6) is 0 Å². The Hall–Kier alpha value is -2.87. The molecule has 0 N–H and O–H groups in total. The van der Waals surface area contributed by atoms with Crippen LogP contribution in [-0.4, -0.2) is 38.2 Å². The summed E-state index contributed by atoms with van der Waals surface area (Å²) in [5, 5.41) is 4.49. The fourth-order valence-electron chi connectivity index (χ4n) is 8.30. The number of rotatable bonds is 8. The molecule has 0 unspecified atom stereocenters. The summed E-state index contributed by atoms with van der Waals surface area (Å²) in [5.74, 6) is 1.78. The van der Waals surface area contributed by atoms with Crippen LogP contribution >= 0.6 is 11.6 Å². The van der Waals surface area contributed by atoms with Crippen LogP contribution in [-0.2, 0) is 10.2 Å². The van der Waals surface area contributed by atoms with Crippen molar-refractivity contribution in [2.75, 3.05) is 11.4 Å². The highest BCUT2D eigenvalue weighted by atomic mass is 35.5. The number of hydrogen-bond acceptors (Lipinski definition) is 6. The molecular weight excluding hydrogens is 529 g/mol. The largest absolute Gasteiger partial charge is 0.334 e. The van der Waals surface area contributed by atoms with Crippen molar-refractivity contribution >= 4 is 23.2 Å². The molecule has 1 amide bonds. The van der Waals surface area contributed by atoms with E-state index in [0.29, 0.717) is 49.3 Å². The van der Waals surface area contributed by atoms with Gasteiger partial charge >= 0.3 is 0 Å². The molecule has 0 atom stereocenters. The first-order chi connectivity index (χ1) is 19.3. The van der Waals surface area contributed by atoms with Crippen molar-refractivity contribution in [3.8, 4) is 11.5 Å². The molecule has 0 spiro atoms. The number of alkyl halides is 1. The van der Waals surface area contributed by atoms with Crippen molar-refractivity contribution in [3.05, 3.63) is 53.3 Å². The van der Waals surface area contributed by atoms with Crippen molar-refractivity contribution < 1.29 is 13.7 Å². The molecule has 40 heavy (non-hydrogen) atoms. The van der Waals surface area contributed by atoms with Gasteiger partial charge in [-0.25, -0.2) is 14.4 Å². The minimum absolute atomic E-state index is 0.0432. The van der Waals surface area contributed by atoms with E-state index < -0.39 is 5.67 Å². The van der Waals surface area contributed by atoms with Gasteiger partial charge < -0.3 is 9.42 Å². The molecule has 9 heteroatoms. The molecule has 0 saturated heterocycles. The van der Waals surface area contributed by atoms with Crippen molar-refractivity contribution in [1.29, 1.82) is 0 Å². The summed E-state index contributed by atoms with van der Waals surface area (Å²) in [6, 6.07) is 9.96. The standard InChI is InChI=1S/C31H33ClFN5O2/c32-27-34-13-6-23(35-27)30-10-7-28(8-11-30,9-12-30)19-38(24(39)15-29-16-31(33,17-29)18-29)22-3-1-2-21(14-22)26-36-25(37-40-26)20-4-5-20/h1-3,6,13-14,20H,4-5,7-12,15-19H2. The SMILES string of the molecule is O=C(CC12CC(F)(C1)C2)N(CC12CCC(c3ccnc(Cl)n3)(CC1)CC2)c1cccc(-c2nc(C3CC3)no2)c1. The van der Waals surface area contributed by atoms with Gasteiger partial charge in [0.25, 0.3) is 5.89 Å². The fourth-order valence-corrected chi connectivity index (χ4v) is 8.45. The Bertz CT molecular complexity index is 1460. The Morgan fingerprint density at radius 3 is 2.45 bits per heavy atom. The van der Waals surface area contributed by atoms with E-state index in [4.69, 9.17) is 16.1 Å². The molecule has 2 heterocycles. The second-order valence-electron chi connectivity index (χ2n) is 13.6. The van der Waals surface area contributed by atoms with Gasteiger partial charge in [0, 0.05) is 41.7 Å². The van der Waals surface area contributed by atoms with Gasteiger partial charge in [-0.1, -0.05) is 11.2 Å². The summed E-state index contributed by atoms with van der Waals surface area (Å²) >= 11 is 6.15. The fraction of sp³-hybridized carbons (Fsp3) is 0.581. The predicted octanol–water partition coefficient (Wildman–Crippen LogP) is 6.96. The first-order valence-electron chi connectivity index (χ1n) is 14.7. The average molecular weight is 562 g/mol. The Kier molecular flexibility index (Phi) is 5.33. The summed E-state index contributed by atoms with van der Waals surface area (Å²) < 4.78 is 19.9. The van der Waals surface area contributed by atoms with Crippen LogP contribution in [0.4, 0.5) is 10.1 Å². The summed E-state index contributed by atoms with van der Waals surface area (Å²) in [7, 11) is 0. The molecule has 7 fully saturated rings. The molecule has 0 aliphatic heterocycles. The summed E-state index contributed by atoms with van der Waals surface area (Å²) in [6.07, 6.45) is 12.2. The van der Waals surface area contributed by atoms with E-state index in [1.165, 1.54) is 0 Å². The Morgan fingerprint density at radius 2 is 1.77 bits per heavy atom. The second kappa shape index (κ2) is 8.57. The van der Waals surface area contributed by atoms with Gasteiger partial charge in [-0.2, -0.15) is 4.98 Å². The van der Waals surface area contributed by atoms with E-state index in [1.807, 2.05) is 35.2 Å². The lowest BCUT2D eigenvalue weighted by Crippen LogP contribution is -2.65. The van der Waals surface area contributed by atoms with Crippen LogP contribution < -0.4 is 4.90 Å². The van der Waals surface area contributed by atoms with Gasteiger partial charge in [0.05, 0.1) is 5.69 Å². The molecule has 1 aromatic carbocycles. The molecule has 10 rings (SSSR count). The molecule has 3 aromatic rings. The maximum atomic E-state index is 14.3. The van der Waals surface area contributed by atoms with Crippen LogP contribution in [0.1, 0.15) is 94.5 Å². The van der Waals surface area contributed by atoms with Gasteiger partial charge in [0.15, 0.2) is 5.82 Å². The third-order valence-electron chi connectivity index (χ3n) is 10.8. The minimum atomic E-state index is -1.01. The number of carbonyl (C=O) groups excluding carboxylic acids is 1. The average Bonchev–Trinajstić information content (AvgIpc) is 3.67. The number of aromatic nitrogens is 4. The van der Waals surface area contributed by atoms with E-state index >= 15 is 0 Å². The molecule has 7 nitrogen and oxygen atoms in total. The van der Waals surface area contributed by atoms with Crippen molar-refractivity contribution in [2.45, 2.75) is 94.1 Å². The first kappa shape index (κ1) is 24.9. The lowest BCUT2D eigenvalue weighted by molar-refractivity contribution is -0.215. The minimum Gasteiger partial charge on any atom is -0.334 e. The van der Waals surface area contributed by atoms with E-state index in [2.05, 4.69) is 20.1 Å². The zero-order chi connectivity index (χ0) is 27.2. The monoisotopic (exact) mass is 561 g/mol. The van der Waals surface area contributed by atoms with E-state index in [9.17, 15) is 9.18 Å².